The van der Waals surface area contributed by atoms with E-state index in [1.807, 2.05) is 36.4 Å². The third-order valence-corrected chi connectivity index (χ3v) is 5.16. The molecule has 0 aliphatic heterocycles. The van der Waals surface area contributed by atoms with Gasteiger partial charge in [-0.2, -0.15) is 0 Å². The van der Waals surface area contributed by atoms with E-state index in [2.05, 4.69) is 24.3 Å². The monoisotopic (exact) mass is 300 g/mol. The van der Waals surface area contributed by atoms with Crippen LogP contribution in [0.3, 0.4) is 0 Å². The fourth-order valence-electron chi connectivity index (χ4n) is 2.99. The Bertz CT molecular complexity index is 583. The first kappa shape index (κ1) is 14.5. The van der Waals surface area contributed by atoms with E-state index in [0.29, 0.717) is 5.92 Å². The highest BCUT2D eigenvalue weighted by Crippen LogP contribution is 2.35. The molecule has 0 saturated heterocycles. The molecule has 0 aromatic heterocycles. The molecule has 0 unspecified atom stereocenters. The quantitative estimate of drug-likeness (QED) is 0.833. The molecule has 1 saturated carbocycles. The first-order valence-electron chi connectivity index (χ1n) is 7.53. The Labute approximate surface area is 128 Å². The van der Waals surface area contributed by atoms with Gasteiger partial charge in [0, 0.05) is 5.92 Å². The summed E-state index contributed by atoms with van der Waals surface area (Å²) in [7, 11) is 0. The number of rotatable bonds is 4. The van der Waals surface area contributed by atoms with Gasteiger partial charge in [-0.15, -0.1) is 0 Å². The summed E-state index contributed by atoms with van der Waals surface area (Å²) >= 11 is -1.38. The minimum absolute atomic E-state index is 0.0437. The van der Waals surface area contributed by atoms with Crippen LogP contribution in [0.2, 0.25) is 0 Å². The second kappa shape index (κ2) is 7.01. The molecule has 3 rings (SSSR count). The first-order valence-corrected chi connectivity index (χ1v) is 8.61. The molecule has 2 aromatic carbocycles. The average molecular weight is 300 g/mol. The van der Waals surface area contributed by atoms with Crippen LogP contribution in [0, 0.1) is 0 Å². The Kier molecular flexibility index (Phi) is 4.84. The van der Waals surface area contributed by atoms with Crippen molar-refractivity contribution in [3.63, 3.8) is 0 Å². The van der Waals surface area contributed by atoms with Gasteiger partial charge in [0.05, 0.1) is 11.0 Å². The summed E-state index contributed by atoms with van der Waals surface area (Å²) in [6.07, 6.45) is 4.51. The van der Waals surface area contributed by atoms with Gasteiger partial charge in [-0.3, -0.25) is 4.18 Å². The highest BCUT2D eigenvalue weighted by Gasteiger charge is 2.29. The van der Waals surface area contributed by atoms with Gasteiger partial charge in [0.2, 0.25) is 0 Å². The molecule has 1 fully saturated rings. The first-order chi connectivity index (χ1) is 10.3. The normalized spacial score (nSPS) is 23.6. The Balaban J connectivity index is 1.75. The zero-order chi connectivity index (χ0) is 14.5. The predicted octanol–water partition coefficient (Wildman–Crippen LogP) is 4.45. The van der Waals surface area contributed by atoms with Crippen LogP contribution in [0.4, 0.5) is 0 Å². The topological polar surface area (TPSA) is 26.3 Å². The summed E-state index contributed by atoms with van der Waals surface area (Å²) in [5, 5.41) is 0. The van der Waals surface area contributed by atoms with Gasteiger partial charge in [-0.1, -0.05) is 61.4 Å². The van der Waals surface area contributed by atoms with Gasteiger partial charge in [0.1, 0.15) is 0 Å². The molecule has 2 aromatic rings. The number of benzene rings is 2. The van der Waals surface area contributed by atoms with Crippen LogP contribution >= 0.6 is 0 Å². The molecule has 3 atom stereocenters. The van der Waals surface area contributed by atoms with E-state index in [4.69, 9.17) is 4.18 Å². The molecule has 21 heavy (non-hydrogen) atoms. The maximum Gasteiger partial charge on any atom is 0.189 e. The highest BCUT2D eigenvalue weighted by molar-refractivity contribution is 7.80. The molecule has 0 amide bonds. The molecule has 2 nitrogen and oxygen atoms in total. The standard InChI is InChI=1S/C18H20O2S/c19-21(16-11-5-2-6-12-16)20-18-14-8-7-13-17(18)15-9-3-1-4-10-15/h1-6,9-12,17-18H,7-8,13-14H2/t17-,18+,21+/m1/s1. The van der Waals surface area contributed by atoms with Crippen LogP contribution in [0.15, 0.2) is 65.6 Å². The van der Waals surface area contributed by atoms with Crippen molar-refractivity contribution in [1.29, 1.82) is 0 Å². The molecule has 0 spiro atoms. The van der Waals surface area contributed by atoms with Crippen LogP contribution in [-0.2, 0) is 15.3 Å². The number of hydrogen-bond donors (Lipinski definition) is 0. The van der Waals surface area contributed by atoms with Gasteiger partial charge in [-0.25, -0.2) is 4.21 Å². The molecule has 0 bridgehead atoms. The van der Waals surface area contributed by atoms with Crippen molar-refractivity contribution in [1.82, 2.24) is 0 Å². The van der Waals surface area contributed by atoms with Crippen LogP contribution in [-0.4, -0.2) is 10.3 Å². The fraction of sp³-hybridized carbons (Fsp3) is 0.333. The molecule has 1 aliphatic carbocycles. The SMILES string of the molecule is O=[S@@](O[C@H]1CCCC[C@@H]1c1ccccc1)c1ccccc1. The van der Waals surface area contributed by atoms with Gasteiger partial charge in [-0.05, 0) is 30.5 Å². The van der Waals surface area contributed by atoms with Crippen LogP contribution in [0.25, 0.3) is 0 Å². The Morgan fingerprint density at radius 1 is 0.857 bits per heavy atom. The molecule has 3 heteroatoms. The summed E-state index contributed by atoms with van der Waals surface area (Å²) in [6.45, 7) is 0. The van der Waals surface area contributed by atoms with Crippen molar-refractivity contribution in [2.45, 2.75) is 42.6 Å². The van der Waals surface area contributed by atoms with Crippen molar-refractivity contribution in [3.8, 4) is 0 Å². The van der Waals surface area contributed by atoms with Crippen LogP contribution < -0.4 is 0 Å². The lowest BCUT2D eigenvalue weighted by Gasteiger charge is -2.31. The van der Waals surface area contributed by atoms with E-state index in [-0.39, 0.29) is 6.10 Å². The lowest BCUT2D eigenvalue weighted by atomic mass is 9.82. The third kappa shape index (κ3) is 3.60. The largest absolute Gasteiger partial charge is 0.283 e. The van der Waals surface area contributed by atoms with E-state index >= 15 is 0 Å². The predicted molar refractivity (Wildman–Crippen MR) is 85.4 cm³/mol. The van der Waals surface area contributed by atoms with Crippen molar-refractivity contribution in [2.24, 2.45) is 0 Å². The van der Waals surface area contributed by atoms with Crippen molar-refractivity contribution >= 4 is 11.1 Å². The van der Waals surface area contributed by atoms with Crippen LogP contribution in [0.5, 0.6) is 0 Å². The van der Waals surface area contributed by atoms with Crippen LogP contribution in [0.1, 0.15) is 37.2 Å². The van der Waals surface area contributed by atoms with Gasteiger partial charge in [0.15, 0.2) is 11.1 Å². The molecular weight excluding hydrogens is 280 g/mol. The third-order valence-electron chi connectivity index (χ3n) is 4.08. The molecule has 0 heterocycles. The van der Waals surface area contributed by atoms with Gasteiger partial charge >= 0.3 is 0 Å². The fourth-order valence-corrected chi connectivity index (χ4v) is 3.94. The summed E-state index contributed by atoms with van der Waals surface area (Å²) in [5.41, 5.74) is 1.30. The van der Waals surface area contributed by atoms with Gasteiger partial charge in [0.25, 0.3) is 0 Å². The van der Waals surface area contributed by atoms with E-state index in [1.54, 1.807) is 0 Å². The average Bonchev–Trinajstić information content (AvgIpc) is 2.57. The van der Waals surface area contributed by atoms with Gasteiger partial charge < -0.3 is 0 Å². The second-order valence-electron chi connectivity index (χ2n) is 5.48. The van der Waals surface area contributed by atoms with E-state index in [1.165, 1.54) is 12.0 Å². The molecule has 110 valence electrons. The summed E-state index contributed by atoms with van der Waals surface area (Å²) < 4.78 is 18.3. The van der Waals surface area contributed by atoms with E-state index in [9.17, 15) is 4.21 Å². The Hall–Kier alpha value is -1.45. The molecule has 0 N–H and O–H groups in total. The Morgan fingerprint density at radius 2 is 1.48 bits per heavy atom. The molecular formula is C18H20O2S. The maximum atomic E-state index is 12.4. The second-order valence-corrected chi connectivity index (χ2v) is 6.62. The molecule has 0 radical (unpaired) electrons. The summed E-state index contributed by atoms with van der Waals surface area (Å²) in [4.78, 5) is 0.745. The zero-order valence-corrected chi connectivity index (χ0v) is 12.8. The van der Waals surface area contributed by atoms with Crippen molar-refractivity contribution < 1.29 is 8.39 Å². The van der Waals surface area contributed by atoms with E-state index in [0.717, 1.165) is 24.2 Å². The summed E-state index contributed by atoms with van der Waals surface area (Å²) in [5.74, 6) is 0.354. The Morgan fingerprint density at radius 3 is 2.19 bits per heavy atom. The minimum Gasteiger partial charge on any atom is -0.283 e. The highest BCUT2D eigenvalue weighted by atomic mass is 32.2. The van der Waals surface area contributed by atoms with Crippen molar-refractivity contribution in [3.05, 3.63) is 66.2 Å². The minimum atomic E-state index is -1.38. The lowest BCUT2D eigenvalue weighted by Crippen LogP contribution is -2.27. The summed E-state index contributed by atoms with van der Waals surface area (Å²) in [6, 6.07) is 19.9. The van der Waals surface area contributed by atoms with Crippen molar-refractivity contribution in [2.75, 3.05) is 0 Å². The smallest absolute Gasteiger partial charge is 0.189 e. The molecule has 1 aliphatic rings. The van der Waals surface area contributed by atoms with E-state index < -0.39 is 11.1 Å². The zero-order valence-electron chi connectivity index (χ0n) is 12.0. The lowest BCUT2D eigenvalue weighted by molar-refractivity contribution is 0.147. The maximum absolute atomic E-state index is 12.4. The number of hydrogen-bond acceptors (Lipinski definition) is 2.